The second-order valence-corrected chi connectivity index (χ2v) is 8.44. The van der Waals surface area contributed by atoms with Crippen LogP contribution in [0, 0.1) is 0 Å². The minimum atomic E-state index is -0.0643. The lowest BCUT2D eigenvalue weighted by atomic mass is 9.69. The lowest BCUT2D eigenvalue weighted by Crippen LogP contribution is -2.49. The van der Waals surface area contributed by atoms with E-state index in [0.717, 1.165) is 24.1 Å². The first kappa shape index (κ1) is 18.5. The van der Waals surface area contributed by atoms with Gasteiger partial charge in [-0.3, -0.25) is 9.78 Å². The fourth-order valence-corrected chi connectivity index (χ4v) is 4.54. The zero-order valence-electron chi connectivity index (χ0n) is 15.9. The number of amides is 1. The van der Waals surface area contributed by atoms with E-state index in [1.165, 1.54) is 70.6 Å². The monoisotopic (exact) mass is 340 g/mol. The van der Waals surface area contributed by atoms with Crippen molar-refractivity contribution in [1.29, 1.82) is 0 Å². The van der Waals surface area contributed by atoms with Gasteiger partial charge in [0.2, 0.25) is 0 Å². The van der Waals surface area contributed by atoms with Crippen LogP contribution in [0.4, 0.5) is 0 Å². The summed E-state index contributed by atoms with van der Waals surface area (Å²) in [6.45, 7) is 0. The highest BCUT2D eigenvalue weighted by Crippen LogP contribution is 2.33. The SMILES string of the molecule is BC1(NC(=O)c2ccnc(C3CCCC3)c2)CCCCCCCCC1. The molecule has 2 saturated carbocycles. The van der Waals surface area contributed by atoms with Crippen LogP contribution < -0.4 is 5.32 Å². The minimum Gasteiger partial charge on any atom is -0.354 e. The first-order valence-corrected chi connectivity index (χ1v) is 10.4. The Kier molecular flexibility index (Phi) is 6.55. The van der Waals surface area contributed by atoms with Crippen LogP contribution in [0.2, 0.25) is 0 Å². The van der Waals surface area contributed by atoms with E-state index >= 15 is 0 Å². The van der Waals surface area contributed by atoms with Crippen LogP contribution in [0.25, 0.3) is 0 Å². The third-order valence-electron chi connectivity index (χ3n) is 6.19. The summed E-state index contributed by atoms with van der Waals surface area (Å²) in [6.07, 6.45) is 18.1. The molecule has 0 saturated heterocycles. The summed E-state index contributed by atoms with van der Waals surface area (Å²) >= 11 is 0. The second-order valence-electron chi connectivity index (χ2n) is 8.44. The molecule has 1 N–H and O–H groups in total. The van der Waals surface area contributed by atoms with Gasteiger partial charge in [0, 0.05) is 28.8 Å². The third-order valence-corrected chi connectivity index (χ3v) is 6.19. The molecule has 25 heavy (non-hydrogen) atoms. The van der Waals surface area contributed by atoms with Gasteiger partial charge in [-0.05, 0) is 37.8 Å². The Morgan fingerprint density at radius 2 is 1.60 bits per heavy atom. The number of nitrogens with one attached hydrogen (secondary N) is 1. The topological polar surface area (TPSA) is 42.0 Å². The summed E-state index contributed by atoms with van der Waals surface area (Å²) in [5.41, 5.74) is 1.84. The van der Waals surface area contributed by atoms with Crippen LogP contribution >= 0.6 is 0 Å². The van der Waals surface area contributed by atoms with Crippen molar-refractivity contribution in [3.8, 4) is 0 Å². The van der Waals surface area contributed by atoms with Gasteiger partial charge in [-0.1, -0.05) is 57.8 Å². The number of aromatic nitrogens is 1. The van der Waals surface area contributed by atoms with E-state index in [-0.39, 0.29) is 11.3 Å². The number of hydrogen-bond acceptors (Lipinski definition) is 2. The molecule has 0 unspecified atom stereocenters. The molecule has 1 aromatic rings. The van der Waals surface area contributed by atoms with Gasteiger partial charge in [-0.15, -0.1) is 0 Å². The quantitative estimate of drug-likeness (QED) is 0.833. The van der Waals surface area contributed by atoms with Crippen molar-refractivity contribution in [1.82, 2.24) is 10.3 Å². The molecule has 2 aliphatic rings. The number of pyridine rings is 1. The van der Waals surface area contributed by atoms with Gasteiger partial charge >= 0.3 is 0 Å². The highest BCUT2D eigenvalue weighted by Gasteiger charge is 2.27. The molecule has 1 amide bonds. The summed E-state index contributed by atoms with van der Waals surface area (Å²) in [4.78, 5) is 17.4. The molecule has 2 fully saturated rings. The predicted molar refractivity (Wildman–Crippen MR) is 106 cm³/mol. The zero-order valence-corrected chi connectivity index (χ0v) is 15.9. The Hall–Kier alpha value is -1.32. The van der Waals surface area contributed by atoms with E-state index in [1.54, 1.807) is 0 Å². The molecule has 0 spiro atoms. The van der Waals surface area contributed by atoms with Crippen LogP contribution in [0.3, 0.4) is 0 Å². The fraction of sp³-hybridized carbons (Fsp3) is 0.714. The van der Waals surface area contributed by atoms with Gasteiger partial charge in [0.25, 0.3) is 5.91 Å². The molecule has 0 radical (unpaired) electrons. The Balaban J connectivity index is 1.65. The molecule has 0 atom stereocenters. The smallest absolute Gasteiger partial charge is 0.251 e. The van der Waals surface area contributed by atoms with Crippen molar-refractivity contribution in [2.24, 2.45) is 0 Å². The summed E-state index contributed by atoms with van der Waals surface area (Å²) in [5.74, 6) is 0.637. The van der Waals surface area contributed by atoms with Gasteiger partial charge in [-0.25, -0.2) is 0 Å². The number of hydrogen-bond donors (Lipinski definition) is 1. The van der Waals surface area contributed by atoms with Gasteiger partial charge in [0.05, 0.1) is 0 Å². The molecule has 0 aliphatic heterocycles. The molecule has 136 valence electrons. The number of rotatable bonds is 3. The number of nitrogens with zero attached hydrogens (tertiary/aromatic N) is 1. The van der Waals surface area contributed by atoms with Crippen molar-refractivity contribution in [3.63, 3.8) is 0 Å². The van der Waals surface area contributed by atoms with Crippen LogP contribution in [0.15, 0.2) is 18.3 Å². The van der Waals surface area contributed by atoms with E-state index in [4.69, 9.17) is 0 Å². The van der Waals surface area contributed by atoms with Crippen molar-refractivity contribution in [2.75, 3.05) is 0 Å². The molecule has 0 aromatic carbocycles. The molecule has 4 heteroatoms. The molecular weight excluding hydrogens is 307 g/mol. The average molecular weight is 340 g/mol. The van der Waals surface area contributed by atoms with E-state index in [1.807, 2.05) is 18.3 Å². The van der Waals surface area contributed by atoms with E-state index < -0.39 is 0 Å². The Morgan fingerprint density at radius 3 is 2.24 bits per heavy atom. The Morgan fingerprint density at radius 1 is 1.00 bits per heavy atom. The van der Waals surface area contributed by atoms with Crippen LogP contribution in [0.1, 0.15) is 105 Å². The minimum absolute atomic E-state index is 0.0643. The highest BCUT2D eigenvalue weighted by molar-refractivity contribution is 6.17. The van der Waals surface area contributed by atoms with Crippen molar-refractivity contribution in [2.45, 2.75) is 94.8 Å². The predicted octanol–water partition coefficient (Wildman–Crippen LogP) is 4.32. The van der Waals surface area contributed by atoms with Gasteiger partial charge in [0.1, 0.15) is 7.85 Å². The molecule has 3 nitrogen and oxygen atoms in total. The first-order chi connectivity index (χ1) is 12.2. The van der Waals surface area contributed by atoms with Crippen molar-refractivity contribution >= 4 is 13.8 Å². The molecule has 1 heterocycles. The largest absolute Gasteiger partial charge is 0.354 e. The maximum Gasteiger partial charge on any atom is 0.251 e. The summed E-state index contributed by atoms with van der Waals surface area (Å²) in [6, 6.07) is 3.91. The highest BCUT2D eigenvalue weighted by atomic mass is 16.1. The Bertz CT molecular complexity index is 559. The van der Waals surface area contributed by atoms with Gasteiger partial charge < -0.3 is 5.32 Å². The number of carbonyl (C=O) groups excluding carboxylic acids is 1. The first-order valence-electron chi connectivity index (χ1n) is 10.4. The molecule has 1 aromatic heterocycles. The molecular formula is C21H33BN2O. The normalized spacial score (nSPS) is 22.4. The lowest BCUT2D eigenvalue weighted by molar-refractivity contribution is 0.0918. The van der Waals surface area contributed by atoms with E-state index in [9.17, 15) is 4.79 Å². The molecule has 0 bridgehead atoms. The average Bonchev–Trinajstić information content (AvgIpc) is 3.15. The lowest BCUT2D eigenvalue weighted by Gasteiger charge is -2.32. The van der Waals surface area contributed by atoms with Crippen LogP contribution in [0.5, 0.6) is 0 Å². The van der Waals surface area contributed by atoms with Gasteiger partial charge in [-0.2, -0.15) is 0 Å². The standard InChI is InChI=1S/C21H33BN2O/c22-21(13-8-4-2-1-3-5-9-14-21)24-20(25)18-12-15-23-19(16-18)17-10-6-7-11-17/h12,15-17H,1-11,13-14,22H2,(H,24,25). The summed E-state index contributed by atoms with van der Waals surface area (Å²) in [5, 5.41) is 3.38. The zero-order chi connectivity index (χ0) is 17.5. The van der Waals surface area contributed by atoms with Crippen molar-refractivity contribution in [3.05, 3.63) is 29.6 Å². The third kappa shape index (κ3) is 5.33. The summed E-state index contributed by atoms with van der Waals surface area (Å²) < 4.78 is 0. The van der Waals surface area contributed by atoms with Crippen LogP contribution in [-0.2, 0) is 0 Å². The Labute approximate surface area is 153 Å². The maximum absolute atomic E-state index is 12.9. The van der Waals surface area contributed by atoms with Crippen molar-refractivity contribution < 1.29 is 4.79 Å². The van der Waals surface area contributed by atoms with E-state index in [0.29, 0.717) is 5.92 Å². The fourth-order valence-electron chi connectivity index (χ4n) is 4.54. The maximum atomic E-state index is 12.9. The second kappa shape index (κ2) is 8.87. The van der Waals surface area contributed by atoms with E-state index in [2.05, 4.69) is 18.1 Å². The van der Waals surface area contributed by atoms with Gasteiger partial charge in [0.15, 0.2) is 0 Å². The summed E-state index contributed by atoms with van der Waals surface area (Å²) in [7, 11) is 2.24. The molecule has 2 aliphatic carbocycles. The number of carbonyl (C=O) groups is 1. The van der Waals surface area contributed by atoms with Crippen LogP contribution in [-0.4, -0.2) is 24.2 Å². The molecule has 3 rings (SSSR count).